The first kappa shape index (κ1) is 7.59. The zero-order chi connectivity index (χ0) is 7.99. The normalized spacial score (nSPS) is 38.9. The van der Waals surface area contributed by atoms with E-state index in [-0.39, 0.29) is 6.10 Å². The van der Waals surface area contributed by atoms with Crippen molar-refractivity contribution in [2.75, 3.05) is 0 Å². The SMILES string of the molecule is C#CC1(C)OC1C(C)(C)O. The number of hydrogen-bond donors (Lipinski definition) is 1. The van der Waals surface area contributed by atoms with E-state index >= 15 is 0 Å². The van der Waals surface area contributed by atoms with Crippen LogP contribution >= 0.6 is 0 Å². The van der Waals surface area contributed by atoms with Crippen molar-refractivity contribution in [2.24, 2.45) is 0 Å². The van der Waals surface area contributed by atoms with Gasteiger partial charge >= 0.3 is 0 Å². The highest BCUT2D eigenvalue weighted by Crippen LogP contribution is 2.42. The van der Waals surface area contributed by atoms with Gasteiger partial charge in [0, 0.05) is 0 Å². The zero-order valence-electron chi connectivity index (χ0n) is 6.51. The van der Waals surface area contributed by atoms with Crippen LogP contribution in [0.15, 0.2) is 0 Å². The summed E-state index contributed by atoms with van der Waals surface area (Å²) in [5, 5.41) is 9.40. The molecule has 0 amide bonds. The van der Waals surface area contributed by atoms with Crippen LogP contribution < -0.4 is 0 Å². The van der Waals surface area contributed by atoms with Crippen LogP contribution in [0.1, 0.15) is 20.8 Å². The van der Waals surface area contributed by atoms with Gasteiger partial charge in [-0.1, -0.05) is 5.92 Å². The molecule has 0 saturated carbocycles. The molecule has 1 fully saturated rings. The van der Waals surface area contributed by atoms with Crippen LogP contribution in [-0.2, 0) is 4.74 Å². The molecule has 2 atom stereocenters. The molecule has 0 spiro atoms. The lowest BCUT2D eigenvalue weighted by molar-refractivity contribution is 0.0482. The lowest BCUT2D eigenvalue weighted by atomic mass is 9.96. The van der Waals surface area contributed by atoms with Crippen molar-refractivity contribution in [1.29, 1.82) is 0 Å². The van der Waals surface area contributed by atoms with E-state index in [1.54, 1.807) is 20.8 Å². The number of terminal acetylenes is 1. The summed E-state index contributed by atoms with van der Waals surface area (Å²) >= 11 is 0. The fourth-order valence-corrected chi connectivity index (χ4v) is 1.14. The minimum absolute atomic E-state index is 0.204. The van der Waals surface area contributed by atoms with Crippen LogP contribution in [0, 0.1) is 12.3 Å². The molecule has 1 aliphatic rings. The van der Waals surface area contributed by atoms with Gasteiger partial charge in [0.25, 0.3) is 0 Å². The summed E-state index contributed by atoms with van der Waals surface area (Å²) in [6.07, 6.45) is 4.97. The molecule has 56 valence electrons. The summed E-state index contributed by atoms with van der Waals surface area (Å²) in [6, 6.07) is 0. The molecule has 1 aliphatic heterocycles. The fourth-order valence-electron chi connectivity index (χ4n) is 1.14. The second-order valence-corrected chi connectivity index (χ2v) is 3.40. The molecule has 2 heteroatoms. The van der Waals surface area contributed by atoms with E-state index in [1.165, 1.54) is 0 Å². The largest absolute Gasteiger partial charge is 0.388 e. The summed E-state index contributed by atoms with van der Waals surface area (Å²) < 4.78 is 5.13. The topological polar surface area (TPSA) is 32.8 Å². The van der Waals surface area contributed by atoms with Crippen molar-refractivity contribution in [3.8, 4) is 12.3 Å². The van der Waals surface area contributed by atoms with Gasteiger partial charge in [-0.05, 0) is 20.8 Å². The lowest BCUT2D eigenvalue weighted by Gasteiger charge is -2.13. The van der Waals surface area contributed by atoms with Gasteiger partial charge in [-0.2, -0.15) is 0 Å². The van der Waals surface area contributed by atoms with E-state index in [9.17, 15) is 5.11 Å². The molecule has 2 unspecified atom stereocenters. The number of ether oxygens (including phenoxy) is 1. The molecule has 1 rings (SSSR count). The fraction of sp³-hybridized carbons (Fsp3) is 0.750. The second-order valence-electron chi connectivity index (χ2n) is 3.40. The van der Waals surface area contributed by atoms with Crippen LogP contribution in [0.25, 0.3) is 0 Å². The molecule has 0 aromatic rings. The summed E-state index contributed by atoms with van der Waals surface area (Å²) in [6.45, 7) is 5.19. The Balaban J connectivity index is 2.63. The third-order valence-corrected chi connectivity index (χ3v) is 1.73. The van der Waals surface area contributed by atoms with Gasteiger partial charge in [-0.3, -0.25) is 0 Å². The van der Waals surface area contributed by atoms with Gasteiger partial charge < -0.3 is 9.84 Å². The average molecular weight is 140 g/mol. The van der Waals surface area contributed by atoms with Crippen LogP contribution in [0.5, 0.6) is 0 Å². The first-order valence-electron chi connectivity index (χ1n) is 3.28. The Morgan fingerprint density at radius 2 is 2.20 bits per heavy atom. The monoisotopic (exact) mass is 140 g/mol. The maximum atomic E-state index is 9.40. The van der Waals surface area contributed by atoms with Crippen LogP contribution in [0.4, 0.5) is 0 Å². The number of hydrogen-bond acceptors (Lipinski definition) is 2. The first-order valence-corrected chi connectivity index (χ1v) is 3.28. The molecule has 10 heavy (non-hydrogen) atoms. The minimum Gasteiger partial charge on any atom is -0.388 e. The Kier molecular flexibility index (Phi) is 1.33. The van der Waals surface area contributed by atoms with Crippen LogP contribution in [0.3, 0.4) is 0 Å². The van der Waals surface area contributed by atoms with Gasteiger partial charge in [0.05, 0.1) is 5.60 Å². The van der Waals surface area contributed by atoms with Crippen molar-refractivity contribution in [2.45, 2.75) is 38.1 Å². The van der Waals surface area contributed by atoms with E-state index in [0.29, 0.717) is 0 Å². The molecule has 0 radical (unpaired) electrons. The van der Waals surface area contributed by atoms with Crippen molar-refractivity contribution in [3.05, 3.63) is 0 Å². The summed E-state index contributed by atoms with van der Waals surface area (Å²) in [7, 11) is 0. The second kappa shape index (κ2) is 1.75. The third kappa shape index (κ3) is 1.03. The highest BCUT2D eigenvalue weighted by molar-refractivity contribution is 5.23. The van der Waals surface area contributed by atoms with Crippen molar-refractivity contribution >= 4 is 0 Å². The van der Waals surface area contributed by atoms with E-state index in [0.717, 1.165) is 0 Å². The molecule has 1 saturated heterocycles. The number of rotatable bonds is 1. The molecular formula is C8H12O2. The van der Waals surface area contributed by atoms with Crippen molar-refractivity contribution in [3.63, 3.8) is 0 Å². The Hall–Kier alpha value is -0.520. The third-order valence-electron chi connectivity index (χ3n) is 1.73. The van der Waals surface area contributed by atoms with Crippen molar-refractivity contribution < 1.29 is 9.84 Å². The van der Waals surface area contributed by atoms with Crippen LogP contribution in [-0.4, -0.2) is 22.4 Å². The van der Waals surface area contributed by atoms with Gasteiger partial charge in [-0.25, -0.2) is 0 Å². The van der Waals surface area contributed by atoms with E-state index in [1.807, 2.05) is 0 Å². The maximum Gasteiger partial charge on any atom is 0.155 e. The molecule has 2 nitrogen and oxygen atoms in total. The molecule has 0 aliphatic carbocycles. The molecule has 0 aromatic carbocycles. The van der Waals surface area contributed by atoms with Crippen molar-refractivity contribution in [1.82, 2.24) is 0 Å². The lowest BCUT2D eigenvalue weighted by Crippen LogP contribution is -2.31. The summed E-state index contributed by atoms with van der Waals surface area (Å²) in [5.74, 6) is 2.49. The summed E-state index contributed by atoms with van der Waals surface area (Å²) in [5.41, 5.74) is -1.35. The van der Waals surface area contributed by atoms with Gasteiger partial charge in [-0.15, -0.1) is 6.42 Å². The smallest absolute Gasteiger partial charge is 0.155 e. The molecule has 0 bridgehead atoms. The molecule has 1 N–H and O–H groups in total. The summed E-state index contributed by atoms with van der Waals surface area (Å²) in [4.78, 5) is 0. The minimum atomic E-state index is -0.818. The number of aliphatic hydroxyl groups is 1. The zero-order valence-corrected chi connectivity index (χ0v) is 6.51. The van der Waals surface area contributed by atoms with E-state index in [2.05, 4.69) is 5.92 Å². The highest BCUT2D eigenvalue weighted by atomic mass is 16.6. The predicted octanol–water partition coefficient (Wildman–Crippen LogP) is 0.548. The molecular weight excluding hydrogens is 128 g/mol. The Morgan fingerprint density at radius 1 is 1.70 bits per heavy atom. The van der Waals surface area contributed by atoms with Gasteiger partial charge in [0.2, 0.25) is 0 Å². The standard InChI is InChI=1S/C8H12O2/c1-5-8(4)6(10-8)7(2,3)9/h1,6,9H,2-4H3. The first-order chi connectivity index (χ1) is 4.40. The Labute approximate surface area is 61.2 Å². The van der Waals surface area contributed by atoms with E-state index in [4.69, 9.17) is 11.2 Å². The predicted molar refractivity (Wildman–Crippen MR) is 38.4 cm³/mol. The molecule has 0 aromatic heterocycles. The Morgan fingerprint density at radius 3 is 2.30 bits per heavy atom. The number of epoxide rings is 1. The average Bonchev–Trinajstić information content (AvgIpc) is 2.43. The highest BCUT2D eigenvalue weighted by Gasteiger charge is 2.58. The maximum absolute atomic E-state index is 9.40. The van der Waals surface area contributed by atoms with Gasteiger partial charge in [0.15, 0.2) is 5.60 Å². The Bertz CT molecular complexity index is 184. The van der Waals surface area contributed by atoms with E-state index < -0.39 is 11.2 Å². The molecule has 1 heterocycles. The van der Waals surface area contributed by atoms with Crippen LogP contribution in [0.2, 0.25) is 0 Å². The quantitative estimate of drug-likeness (QED) is 0.426. The van der Waals surface area contributed by atoms with Gasteiger partial charge in [0.1, 0.15) is 6.10 Å².